The molecule has 1 heterocycles. The molecule has 15 heavy (non-hydrogen) atoms. The molecule has 82 valence electrons. The Morgan fingerprint density at radius 1 is 1.53 bits per heavy atom. The lowest BCUT2D eigenvalue weighted by molar-refractivity contribution is 0.189. The minimum atomic E-state index is -3.55. The fraction of sp³-hybridized carbons (Fsp3) is 0.333. The molecule has 1 aliphatic rings. The van der Waals surface area contributed by atoms with Gasteiger partial charge in [0, 0.05) is 17.7 Å². The summed E-state index contributed by atoms with van der Waals surface area (Å²) in [5.41, 5.74) is 1.01. The largest absolute Gasteiger partial charge is 0.283 e. The number of hydrogen-bond acceptors (Lipinski definition) is 4. The van der Waals surface area contributed by atoms with E-state index in [1.54, 1.807) is 6.07 Å². The Hall–Kier alpha value is -0.980. The Kier molecular flexibility index (Phi) is 2.49. The minimum Gasteiger partial charge on any atom is -0.283 e. The first-order chi connectivity index (χ1) is 6.97. The first-order valence-electron chi connectivity index (χ1n) is 4.36. The highest BCUT2D eigenvalue weighted by atomic mass is 32.2. The van der Waals surface area contributed by atoms with E-state index in [-0.39, 0.29) is 12.4 Å². The van der Waals surface area contributed by atoms with Gasteiger partial charge in [0.05, 0.1) is 6.26 Å². The first-order valence-corrected chi connectivity index (χ1v) is 6.18. The molecular weight excluding hydrogens is 221 g/mol. The second-order valence-corrected chi connectivity index (χ2v) is 4.97. The van der Waals surface area contributed by atoms with Gasteiger partial charge in [-0.1, -0.05) is 12.1 Å². The van der Waals surface area contributed by atoms with Gasteiger partial charge in [0.25, 0.3) is 10.1 Å². The molecule has 0 fully saturated rings. The number of fused-ring (bicyclic) bond motifs is 1. The van der Waals surface area contributed by atoms with Crippen LogP contribution in [-0.4, -0.2) is 14.7 Å². The van der Waals surface area contributed by atoms with Gasteiger partial charge < -0.3 is 0 Å². The molecule has 1 unspecified atom stereocenters. The lowest BCUT2D eigenvalue weighted by Crippen LogP contribution is -2.18. The fourth-order valence-corrected chi connectivity index (χ4v) is 2.09. The smallest absolute Gasteiger partial charge is 0.266 e. The SMILES string of the molecule is CS(=O)(=O)OC1NCc2c(F)cccc21. The summed E-state index contributed by atoms with van der Waals surface area (Å²) < 4.78 is 39.9. The maximum Gasteiger partial charge on any atom is 0.266 e. The highest BCUT2D eigenvalue weighted by molar-refractivity contribution is 7.86. The normalized spacial score (nSPS) is 20.3. The van der Waals surface area contributed by atoms with Crippen LogP contribution in [0.5, 0.6) is 0 Å². The molecular formula is C9H10FNO3S. The Bertz CT molecular complexity index is 486. The number of nitrogens with one attached hydrogen (secondary N) is 1. The van der Waals surface area contributed by atoms with E-state index in [2.05, 4.69) is 5.32 Å². The first kappa shape index (κ1) is 10.5. The summed E-state index contributed by atoms with van der Waals surface area (Å²) in [5.74, 6) is -0.348. The molecule has 2 rings (SSSR count). The molecule has 0 radical (unpaired) electrons. The maximum atomic E-state index is 13.3. The zero-order valence-electron chi connectivity index (χ0n) is 8.03. The zero-order chi connectivity index (χ0) is 11.1. The van der Waals surface area contributed by atoms with Crippen LogP contribution in [0, 0.1) is 5.82 Å². The van der Waals surface area contributed by atoms with Gasteiger partial charge >= 0.3 is 0 Å². The van der Waals surface area contributed by atoms with Crippen LogP contribution >= 0.6 is 0 Å². The molecule has 0 saturated carbocycles. The van der Waals surface area contributed by atoms with Crippen LogP contribution in [0.3, 0.4) is 0 Å². The van der Waals surface area contributed by atoms with Gasteiger partial charge in [0.15, 0.2) is 6.23 Å². The van der Waals surface area contributed by atoms with Crippen molar-refractivity contribution in [3.8, 4) is 0 Å². The average molecular weight is 231 g/mol. The molecule has 0 spiro atoms. The van der Waals surface area contributed by atoms with Gasteiger partial charge in [-0.2, -0.15) is 8.42 Å². The van der Waals surface area contributed by atoms with Crippen molar-refractivity contribution in [2.24, 2.45) is 0 Å². The van der Waals surface area contributed by atoms with Crippen molar-refractivity contribution >= 4 is 10.1 Å². The van der Waals surface area contributed by atoms with E-state index in [1.807, 2.05) is 0 Å². The van der Waals surface area contributed by atoms with Crippen molar-refractivity contribution in [2.45, 2.75) is 12.8 Å². The van der Waals surface area contributed by atoms with Crippen molar-refractivity contribution in [2.75, 3.05) is 6.26 Å². The highest BCUT2D eigenvalue weighted by Crippen LogP contribution is 2.28. The summed E-state index contributed by atoms with van der Waals surface area (Å²) in [7, 11) is -3.55. The molecule has 1 aromatic carbocycles. The molecule has 0 saturated heterocycles. The molecule has 1 aromatic rings. The summed E-state index contributed by atoms with van der Waals surface area (Å²) in [6.07, 6.45) is 0.192. The summed E-state index contributed by atoms with van der Waals surface area (Å²) in [4.78, 5) is 0. The molecule has 0 aliphatic carbocycles. The van der Waals surface area contributed by atoms with Gasteiger partial charge in [0.1, 0.15) is 5.82 Å². The van der Waals surface area contributed by atoms with E-state index in [4.69, 9.17) is 4.18 Å². The lowest BCUT2D eigenvalue weighted by atomic mass is 10.1. The molecule has 6 heteroatoms. The molecule has 4 nitrogen and oxygen atoms in total. The Labute approximate surface area is 87.2 Å². The zero-order valence-corrected chi connectivity index (χ0v) is 8.84. The Morgan fingerprint density at radius 3 is 2.93 bits per heavy atom. The van der Waals surface area contributed by atoms with E-state index in [0.717, 1.165) is 6.26 Å². The predicted molar refractivity (Wildman–Crippen MR) is 51.9 cm³/mol. The van der Waals surface area contributed by atoms with Crippen LogP contribution in [0.2, 0.25) is 0 Å². The van der Waals surface area contributed by atoms with E-state index in [0.29, 0.717) is 11.1 Å². The average Bonchev–Trinajstić information content (AvgIpc) is 2.48. The predicted octanol–water partition coefficient (Wildman–Crippen LogP) is 0.904. The van der Waals surface area contributed by atoms with Crippen LogP contribution < -0.4 is 5.32 Å². The van der Waals surface area contributed by atoms with Crippen LogP contribution in [0.4, 0.5) is 4.39 Å². The quantitative estimate of drug-likeness (QED) is 0.768. The summed E-state index contributed by atoms with van der Waals surface area (Å²) in [5, 5.41) is 2.78. The molecule has 1 N–H and O–H groups in total. The van der Waals surface area contributed by atoms with E-state index >= 15 is 0 Å². The third-order valence-corrected chi connectivity index (χ3v) is 2.71. The fourth-order valence-electron chi connectivity index (χ4n) is 1.57. The minimum absolute atomic E-state index is 0.280. The number of halogens is 1. The van der Waals surface area contributed by atoms with Gasteiger partial charge in [-0.25, -0.2) is 8.57 Å². The third-order valence-electron chi connectivity index (χ3n) is 2.17. The van der Waals surface area contributed by atoms with E-state index in [9.17, 15) is 12.8 Å². The van der Waals surface area contributed by atoms with Crippen LogP contribution in [0.1, 0.15) is 17.4 Å². The number of rotatable bonds is 2. The van der Waals surface area contributed by atoms with Crippen LogP contribution in [0.15, 0.2) is 18.2 Å². The van der Waals surface area contributed by atoms with Crippen molar-refractivity contribution in [3.63, 3.8) is 0 Å². The monoisotopic (exact) mass is 231 g/mol. The number of hydrogen-bond donors (Lipinski definition) is 1. The topological polar surface area (TPSA) is 55.4 Å². The Balaban J connectivity index is 2.33. The van der Waals surface area contributed by atoms with Gasteiger partial charge in [-0.3, -0.25) is 5.32 Å². The molecule has 0 amide bonds. The lowest BCUT2D eigenvalue weighted by Gasteiger charge is -2.10. The van der Waals surface area contributed by atoms with Crippen molar-refractivity contribution in [3.05, 3.63) is 35.1 Å². The molecule has 1 aliphatic heterocycles. The van der Waals surface area contributed by atoms with Gasteiger partial charge in [-0.05, 0) is 6.07 Å². The standard InChI is InChI=1S/C9H10FNO3S/c1-15(12,13)14-9-6-3-2-4-8(10)7(6)5-11-9/h2-4,9,11H,5H2,1H3. The maximum absolute atomic E-state index is 13.3. The van der Waals surface area contributed by atoms with E-state index < -0.39 is 16.3 Å². The Morgan fingerprint density at radius 2 is 2.27 bits per heavy atom. The van der Waals surface area contributed by atoms with Crippen molar-refractivity contribution in [1.82, 2.24) is 5.32 Å². The van der Waals surface area contributed by atoms with E-state index in [1.165, 1.54) is 12.1 Å². The summed E-state index contributed by atoms with van der Waals surface area (Å²) in [6.45, 7) is 0.280. The van der Waals surface area contributed by atoms with Crippen LogP contribution in [0.25, 0.3) is 0 Å². The summed E-state index contributed by atoms with van der Waals surface area (Å²) in [6, 6.07) is 4.51. The second kappa shape index (κ2) is 3.55. The van der Waals surface area contributed by atoms with Crippen molar-refractivity contribution < 1.29 is 17.0 Å². The van der Waals surface area contributed by atoms with Crippen LogP contribution in [-0.2, 0) is 20.8 Å². The molecule has 1 atom stereocenters. The highest BCUT2D eigenvalue weighted by Gasteiger charge is 2.27. The molecule has 0 aromatic heterocycles. The van der Waals surface area contributed by atoms with Gasteiger partial charge in [-0.15, -0.1) is 0 Å². The number of benzene rings is 1. The van der Waals surface area contributed by atoms with Crippen molar-refractivity contribution in [1.29, 1.82) is 0 Å². The summed E-state index contributed by atoms with van der Waals surface area (Å²) >= 11 is 0. The van der Waals surface area contributed by atoms with Gasteiger partial charge in [0.2, 0.25) is 0 Å². The molecule has 0 bridgehead atoms. The second-order valence-electron chi connectivity index (χ2n) is 3.37. The third kappa shape index (κ3) is 2.17.